The van der Waals surface area contributed by atoms with Crippen molar-refractivity contribution >= 4 is 40.2 Å². The third kappa shape index (κ3) is 2.48. The van der Waals surface area contributed by atoms with Gasteiger partial charge in [0.05, 0.1) is 9.21 Å². The number of halogens is 1. The van der Waals surface area contributed by atoms with E-state index in [1.165, 1.54) is 22.7 Å². The number of nitrogens with two attached hydrogens (primary N) is 1. The molecule has 2 N–H and O–H groups in total. The van der Waals surface area contributed by atoms with E-state index in [2.05, 4.69) is 4.98 Å². The van der Waals surface area contributed by atoms with E-state index in [0.717, 1.165) is 40.2 Å². The number of fused-ring (bicyclic) bond motifs is 1. The Morgan fingerprint density at radius 1 is 1.36 bits per heavy atom. The second-order valence-corrected chi connectivity index (χ2v) is 8.59. The zero-order chi connectivity index (χ0) is 15.3. The van der Waals surface area contributed by atoms with Crippen molar-refractivity contribution in [3.8, 4) is 9.88 Å². The van der Waals surface area contributed by atoms with E-state index in [1.807, 2.05) is 22.4 Å². The van der Waals surface area contributed by atoms with Crippen LogP contribution in [0.3, 0.4) is 0 Å². The van der Waals surface area contributed by atoms with Crippen LogP contribution < -0.4 is 5.73 Å². The average molecular weight is 354 g/mol. The summed E-state index contributed by atoms with van der Waals surface area (Å²) in [6.07, 6.45) is 2.24. The van der Waals surface area contributed by atoms with Crippen LogP contribution in [0.4, 0.5) is 0 Å². The summed E-state index contributed by atoms with van der Waals surface area (Å²) in [5.41, 5.74) is 6.68. The number of hydrogen-bond donors (Lipinski definition) is 1. The van der Waals surface area contributed by atoms with Crippen molar-refractivity contribution in [2.24, 2.45) is 17.6 Å². The van der Waals surface area contributed by atoms with Gasteiger partial charge in [-0.3, -0.25) is 4.79 Å². The molecule has 4 rings (SSSR count). The van der Waals surface area contributed by atoms with Crippen molar-refractivity contribution < 1.29 is 4.79 Å². The van der Waals surface area contributed by atoms with Crippen molar-refractivity contribution in [3.63, 3.8) is 0 Å². The lowest BCUT2D eigenvalue weighted by Gasteiger charge is -2.17. The minimum atomic E-state index is 0.0340. The van der Waals surface area contributed by atoms with Crippen LogP contribution in [0.5, 0.6) is 0 Å². The molecule has 1 saturated carbocycles. The van der Waals surface area contributed by atoms with Gasteiger partial charge in [-0.15, -0.1) is 22.7 Å². The Labute approximate surface area is 141 Å². The molecule has 1 amide bonds. The quantitative estimate of drug-likeness (QED) is 0.900. The van der Waals surface area contributed by atoms with Gasteiger partial charge in [-0.25, -0.2) is 4.98 Å². The van der Waals surface area contributed by atoms with Crippen LogP contribution in [0.15, 0.2) is 17.5 Å². The van der Waals surface area contributed by atoms with E-state index in [4.69, 9.17) is 17.3 Å². The van der Waals surface area contributed by atoms with Crippen molar-refractivity contribution in [1.29, 1.82) is 0 Å². The largest absolute Gasteiger partial charge is 0.337 e. The van der Waals surface area contributed by atoms with Crippen LogP contribution in [0.2, 0.25) is 4.34 Å². The van der Waals surface area contributed by atoms with E-state index in [9.17, 15) is 4.79 Å². The minimum Gasteiger partial charge on any atom is -0.337 e. The Kier molecular flexibility index (Phi) is 3.72. The third-order valence-electron chi connectivity index (χ3n) is 4.71. The smallest absolute Gasteiger partial charge is 0.273 e. The lowest BCUT2D eigenvalue weighted by atomic mass is 9.98. The molecule has 2 aliphatic rings. The fourth-order valence-corrected chi connectivity index (χ4v) is 5.46. The number of likely N-dealkylation sites (tertiary alicyclic amines) is 1. The lowest BCUT2D eigenvalue weighted by Crippen LogP contribution is -2.33. The van der Waals surface area contributed by atoms with Crippen LogP contribution in [-0.4, -0.2) is 34.9 Å². The Morgan fingerprint density at radius 3 is 2.95 bits per heavy atom. The predicted octanol–water partition coefficient (Wildman–Crippen LogP) is 3.33. The predicted molar refractivity (Wildman–Crippen MR) is 90.5 cm³/mol. The van der Waals surface area contributed by atoms with Gasteiger partial charge >= 0.3 is 0 Å². The standard InChI is InChI=1S/C15H16ClN3OS2/c16-13-4-3-12(22-13)14-18-11(7-21-14)15(20)19-5-8-1-2-10(17)9(8)6-19/h3-4,7-10H,1-2,5-6,17H2. The summed E-state index contributed by atoms with van der Waals surface area (Å²) in [5, 5.41) is 2.70. The monoisotopic (exact) mass is 353 g/mol. The minimum absolute atomic E-state index is 0.0340. The number of hydrogen-bond acceptors (Lipinski definition) is 5. The summed E-state index contributed by atoms with van der Waals surface area (Å²) in [6.45, 7) is 1.61. The molecule has 1 aliphatic carbocycles. The van der Waals surface area contributed by atoms with Crippen LogP contribution in [-0.2, 0) is 0 Å². The van der Waals surface area contributed by atoms with Gasteiger partial charge in [0, 0.05) is 24.5 Å². The van der Waals surface area contributed by atoms with E-state index in [-0.39, 0.29) is 11.9 Å². The number of aromatic nitrogens is 1. The van der Waals surface area contributed by atoms with E-state index < -0.39 is 0 Å². The van der Waals surface area contributed by atoms with Gasteiger partial charge in [0.2, 0.25) is 0 Å². The van der Waals surface area contributed by atoms with Gasteiger partial charge < -0.3 is 10.6 Å². The Bertz CT molecular complexity index is 713. The molecule has 3 heterocycles. The number of thiophene rings is 1. The van der Waals surface area contributed by atoms with Crippen molar-refractivity contribution in [2.75, 3.05) is 13.1 Å². The topological polar surface area (TPSA) is 59.2 Å². The van der Waals surface area contributed by atoms with Crippen LogP contribution in [0.25, 0.3) is 9.88 Å². The highest BCUT2D eigenvalue weighted by Gasteiger charge is 2.42. The SMILES string of the molecule is NC1CCC2CN(C(=O)c3csc(-c4ccc(Cl)s4)n3)CC12. The zero-order valence-electron chi connectivity index (χ0n) is 11.9. The first kappa shape index (κ1) is 14.6. The Balaban J connectivity index is 1.51. The summed E-state index contributed by atoms with van der Waals surface area (Å²) in [4.78, 5) is 20.1. The van der Waals surface area contributed by atoms with Crippen molar-refractivity contribution in [3.05, 3.63) is 27.5 Å². The summed E-state index contributed by atoms with van der Waals surface area (Å²) in [5.74, 6) is 1.08. The molecule has 116 valence electrons. The molecule has 3 unspecified atom stereocenters. The highest BCUT2D eigenvalue weighted by Crippen LogP contribution is 2.38. The molecule has 22 heavy (non-hydrogen) atoms. The van der Waals surface area contributed by atoms with Crippen LogP contribution in [0, 0.1) is 11.8 Å². The second kappa shape index (κ2) is 5.60. The maximum atomic E-state index is 12.6. The molecule has 2 fully saturated rings. The first-order valence-corrected chi connectivity index (χ1v) is 9.45. The van der Waals surface area contributed by atoms with Crippen LogP contribution >= 0.6 is 34.3 Å². The molecule has 7 heteroatoms. The Morgan fingerprint density at radius 2 is 2.23 bits per heavy atom. The molecular formula is C15H16ClN3OS2. The molecule has 3 atom stereocenters. The lowest BCUT2D eigenvalue weighted by molar-refractivity contribution is 0.0774. The fraction of sp³-hybridized carbons (Fsp3) is 0.467. The number of carbonyl (C=O) groups excluding carboxylic acids is 1. The molecular weight excluding hydrogens is 338 g/mol. The maximum Gasteiger partial charge on any atom is 0.273 e. The van der Waals surface area contributed by atoms with E-state index >= 15 is 0 Å². The van der Waals surface area contributed by atoms with Gasteiger partial charge in [-0.1, -0.05) is 11.6 Å². The number of thiazole rings is 1. The molecule has 1 saturated heterocycles. The zero-order valence-corrected chi connectivity index (χ0v) is 14.3. The number of amides is 1. The van der Waals surface area contributed by atoms with E-state index in [0.29, 0.717) is 17.5 Å². The van der Waals surface area contributed by atoms with Gasteiger partial charge in [0.1, 0.15) is 10.7 Å². The second-order valence-electron chi connectivity index (χ2n) is 6.02. The number of rotatable bonds is 2. The third-order valence-corrected chi connectivity index (χ3v) is 6.95. The normalized spacial score (nSPS) is 27.4. The molecule has 0 aromatic carbocycles. The summed E-state index contributed by atoms with van der Waals surface area (Å²) in [7, 11) is 0. The van der Waals surface area contributed by atoms with E-state index in [1.54, 1.807) is 0 Å². The van der Waals surface area contributed by atoms with Crippen molar-refractivity contribution in [1.82, 2.24) is 9.88 Å². The molecule has 2 aromatic rings. The highest BCUT2D eigenvalue weighted by atomic mass is 35.5. The summed E-state index contributed by atoms with van der Waals surface area (Å²) >= 11 is 8.94. The van der Waals surface area contributed by atoms with Gasteiger partial charge in [-0.05, 0) is 36.8 Å². The molecule has 1 aliphatic heterocycles. The average Bonchev–Trinajstić information content (AvgIpc) is 3.23. The van der Waals surface area contributed by atoms with Gasteiger partial charge in [-0.2, -0.15) is 0 Å². The number of carbonyl (C=O) groups is 1. The summed E-state index contributed by atoms with van der Waals surface area (Å²) in [6, 6.07) is 4.05. The first-order valence-electron chi connectivity index (χ1n) is 7.38. The first-order chi connectivity index (χ1) is 10.6. The maximum absolute atomic E-state index is 12.6. The molecule has 0 radical (unpaired) electrons. The van der Waals surface area contributed by atoms with Gasteiger partial charge in [0.25, 0.3) is 5.91 Å². The molecule has 4 nitrogen and oxygen atoms in total. The molecule has 0 bridgehead atoms. The fourth-order valence-electron chi connectivity index (χ4n) is 3.55. The highest BCUT2D eigenvalue weighted by molar-refractivity contribution is 7.23. The molecule has 2 aromatic heterocycles. The summed E-state index contributed by atoms with van der Waals surface area (Å²) < 4.78 is 0.736. The van der Waals surface area contributed by atoms with Crippen LogP contribution in [0.1, 0.15) is 23.3 Å². The van der Waals surface area contributed by atoms with Gasteiger partial charge in [0.15, 0.2) is 0 Å². The number of nitrogens with zero attached hydrogens (tertiary/aromatic N) is 2. The Hall–Kier alpha value is -0.950. The molecule has 0 spiro atoms. The van der Waals surface area contributed by atoms with Crippen molar-refractivity contribution in [2.45, 2.75) is 18.9 Å².